The number of thioether (sulfide) groups is 2. The lowest BCUT2D eigenvalue weighted by atomic mass is 10.2. The minimum absolute atomic E-state index is 0.0496. The van der Waals surface area contributed by atoms with Crippen LogP contribution >= 0.6 is 48.0 Å². The van der Waals surface area contributed by atoms with E-state index in [1.165, 1.54) is 34.1 Å². The van der Waals surface area contributed by atoms with Gasteiger partial charge in [0.15, 0.2) is 0 Å². The van der Waals surface area contributed by atoms with Crippen LogP contribution in [0, 0.1) is 20.2 Å². The van der Waals surface area contributed by atoms with Crippen LogP contribution in [-0.2, 0) is 19.2 Å². The highest BCUT2D eigenvalue weighted by molar-refractivity contribution is 8.29. The molecule has 2 aromatic rings. The van der Waals surface area contributed by atoms with Crippen LogP contribution in [0.1, 0.15) is 46.4 Å². The van der Waals surface area contributed by atoms with Gasteiger partial charge < -0.3 is 0 Å². The number of thiocarbonyl (C=S) groups is 2. The van der Waals surface area contributed by atoms with Crippen LogP contribution < -0.4 is 21.7 Å². The summed E-state index contributed by atoms with van der Waals surface area (Å²) >= 11 is 12.5. The smallest absolute Gasteiger partial charge is 0.269 e. The first kappa shape index (κ1) is 37.5. The summed E-state index contributed by atoms with van der Waals surface area (Å²) in [6.07, 6.45) is 0.138. The van der Waals surface area contributed by atoms with Crippen molar-refractivity contribution in [3.63, 3.8) is 0 Å². The predicted octanol–water partition coefficient (Wildman–Crippen LogP) is 2.22. The van der Waals surface area contributed by atoms with Gasteiger partial charge in [-0.05, 0) is 37.1 Å². The van der Waals surface area contributed by atoms with Gasteiger partial charge in [0.2, 0.25) is 11.8 Å². The Labute approximate surface area is 301 Å². The van der Waals surface area contributed by atoms with Gasteiger partial charge >= 0.3 is 0 Å². The Balaban J connectivity index is 1.20. The van der Waals surface area contributed by atoms with E-state index in [9.17, 15) is 49.0 Å². The third-order valence-electron chi connectivity index (χ3n) is 6.79. The average molecular weight is 761 g/mol. The van der Waals surface area contributed by atoms with Gasteiger partial charge in [0.25, 0.3) is 35.0 Å². The van der Waals surface area contributed by atoms with E-state index in [1.807, 2.05) is 0 Å². The molecular formula is C28H24N8O10S4. The minimum atomic E-state index is -0.684. The maximum absolute atomic E-state index is 13.2. The van der Waals surface area contributed by atoms with Gasteiger partial charge in [-0.15, -0.1) is 0 Å². The maximum Gasteiger partial charge on any atom is 0.269 e. The second-order valence-electron chi connectivity index (χ2n) is 10.1. The number of carbonyl (C=O) groups excluding carboxylic acids is 6. The van der Waals surface area contributed by atoms with Crippen LogP contribution in [0.5, 0.6) is 0 Å². The summed E-state index contributed by atoms with van der Waals surface area (Å²) in [6.45, 7) is 0.0993. The van der Waals surface area contributed by atoms with Crippen molar-refractivity contribution in [3.8, 4) is 0 Å². The second kappa shape index (κ2) is 16.9. The van der Waals surface area contributed by atoms with Crippen molar-refractivity contribution >= 4 is 103 Å². The summed E-state index contributed by atoms with van der Waals surface area (Å²) in [7, 11) is 0. The Morgan fingerprint density at radius 1 is 0.620 bits per heavy atom. The third-order valence-corrected chi connectivity index (χ3v) is 9.81. The van der Waals surface area contributed by atoms with Crippen LogP contribution in [0.25, 0.3) is 0 Å². The van der Waals surface area contributed by atoms with Crippen LogP contribution in [0.15, 0.2) is 58.3 Å². The van der Waals surface area contributed by atoms with Gasteiger partial charge in [-0.2, -0.15) is 0 Å². The summed E-state index contributed by atoms with van der Waals surface area (Å²) in [5, 5.41) is 21.5. The van der Waals surface area contributed by atoms with Gasteiger partial charge in [-0.25, -0.2) is 0 Å². The van der Waals surface area contributed by atoms with E-state index in [0.29, 0.717) is 0 Å². The maximum atomic E-state index is 13.2. The first-order chi connectivity index (χ1) is 23.8. The summed E-state index contributed by atoms with van der Waals surface area (Å²) < 4.78 is 0.351. The standard InChI is InChI=1S/C28H24N8O10S4/c37-19(29-31-23(39)15-5-9-17(10-6-15)35(43)44)3-1-13-33-25(41)21(49-27(33)47)22-26(42)34(28(48)50-22)14-2-4-20(38)30-32-24(40)16-7-11-18(12-8-16)36(45)46/h5-12H,1-4,13-14H2,(H,29,37)(H,30,38)(H,31,39)(H,32,40). The van der Waals surface area contributed by atoms with E-state index in [4.69, 9.17) is 24.4 Å². The second-order valence-corrected chi connectivity index (χ2v) is 13.4. The molecule has 2 aliphatic heterocycles. The summed E-state index contributed by atoms with van der Waals surface area (Å²) in [5.41, 5.74) is 8.66. The molecule has 0 atom stereocenters. The van der Waals surface area contributed by atoms with Gasteiger partial charge in [-0.1, -0.05) is 48.0 Å². The number of nitrogens with one attached hydrogen (secondary N) is 4. The Kier molecular flexibility index (Phi) is 12.7. The van der Waals surface area contributed by atoms with Crippen molar-refractivity contribution in [2.24, 2.45) is 0 Å². The van der Waals surface area contributed by atoms with E-state index in [1.54, 1.807) is 0 Å². The molecule has 0 saturated carbocycles. The molecule has 0 bridgehead atoms. The fourth-order valence-electron chi connectivity index (χ4n) is 4.24. The molecule has 4 rings (SSSR count). The quantitative estimate of drug-likeness (QED) is 0.105. The average Bonchev–Trinajstić information content (AvgIpc) is 3.54. The first-order valence-corrected chi connectivity index (χ1v) is 16.7. The van der Waals surface area contributed by atoms with Gasteiger partial charge in [0.1, 0.15) is 8.64 Å². The van der Waals surface area contributed by atoms with Crippen molar-refractivity contribution in [3.05, 3.63) is 89.7 Å². The molecule has 18 nitrogen and oxygen atoms in total. The lowest BCUT2D eigenvalue weighted by Gasteiger charge is -2.15. The highest BCUT2D eigenvalue weighted by Crippen LogP contribution is 2.42. The minimum Gasteiger partial charge on any atom is -0.293 e. The number of carbonyl (C=O) groups is 6. The molecule has 0 spiro atoms. The lowest BCUT2D eigenvalue weighted by Crippen LogP contribution is -2.42. The fourth-order valence-corrected chi connectivity index (χ4v) is 7.01. The molecule has 2 aliphatic rings. The van der Waals surface area contributed by atoms with Crippen molar-refractivity contribution in [1.82, 2.24) is 31.5 Å². The zero-order valence-electron chi connectivity index (χ0n) is 25.4. The number of benzene rings is 2. The number of hydrogen-bond acceptors (Lipinski definition) is 14. The molecule has 50 heavy (non-hydrogen) atoms. The molecule has 0 unspecified atom stereocenters. The SMILES string of the molecule is O=C(CCCN1C(=O)C(=C2SC(=S)N(CCCC(=O)NNC(=O)c3ccc([N+](=O)[O-])cc3)C2=O)SC1=S)NNC(=O)c1ccc([N+](=O)[O-])cc1. The number of non-ortho nitro benzene ring substituents is 2. The third kappa shape index (κ3) is 9.43. The zero-order valence-corrected chi connectivity index (χ0v) is 28.6. The number of amides is 6. The van der Waals surface area contributed by atoms with E-state index in [-0.39, 0.29) is 79.7 Å². The molecule has 0 radical (unpaired) electrons. The highest BCUT2D eigenvalue weighted by Gasteiger charge is 2.41. The van der Waals surface area contributed by atoms with E-state index in [0.717, 1.165) is 47.8 Å². The number of hydrogen-bond donors (Lipinski definition) is 4. The predicted molar refractivity (Wildman–Crippen MR) is 187 cm³/mol. The Hall–Kier alpha value is -5.32. The zero-order chi connectivity index (χ0) is 36.5. The van der Waals surface area contributed by atoms with Crippen LogP contribution in [0.4, 0.5) is 11.4 Å². The molecule has 0 aliphatic carbocycles. The monoisotopic (exact) mass is 760 g/mol. The number of nitrogens with zero attached hydrogens (tertiary/aromatic N) is 4. The van der Waals surface area contributed by atoms with Gasteiger partial charge in [0.05, 0.1) is 19.7 Å². The number of nitro benzene ring substituents is 2. The fraction of sp³-hybridized carbons (Fsp3) is 0.214. The molecule has 6 amide bonds. The van der Waals surface area contributed by atoms with Gasteiger partial charge in [-0.3, -0.25) is 80.5 Å². The summed E-state index contributed by atoms with van der Waals surface area (Å²) in [5.74, 6) is -3.56. The molecule has 4 N–H and O–H groups in total. The van der Waals surface area contributed by atoms with Crippen LogP contribution in [0.3, 0.4) is 0 Å². The molecular weight excluding hydrogens is 737 g/mol. The molecule has 2 fully saturated rings. The number of nitro groups is 2. The van der Waals surface area contributed by atoms with Crippen molar-refractivity contribution in [2.75, 3.05) is 13.1 Å². The molecule has 260 valence electrons. The van der Waals surface area contributed by atoms with Crippen molar-refractivity contribution in [1.29, 1.82) is 0 Å². The van der Waals surface area contributed by atoms with Crippen LogP contribution in [-0.4, -0.2) is 76.8 Å². The molecule has 2 saturated heterocycles. The molecule has 22 heteroatoms. The summed E-state index contributed by atoms with van der Waals surface area (Å²) in [4.78, 5) is 98.1. The topological polar surface area (TPSA) is 243 Å². The van der Waals surface area contributed by atoms with Crippen molar-refractivity contribution in [2.45, 2.75) is 25.7 Å². The van der Waals surface area contributed by atoms with E-state index < -0.39 is 45.3 Å². The summed E-state index contributed by atoms with van der Waals surface area (Å²) in [6, 6.07) is 9.55. The Morgan fingerprint density at radius 2 is 0.960 bits per heavy atom. The highest BCUT2D eigenvalue weighted by atomic mass is 32.2. The molecule has 0 aromatic heterocycles. The largest absolute Gasteiger partial charge is 0.293 e. The molecule has 2 heterocycles. The normalized spacial score (nSPS) is 15.6. The first-order valence-electron chi connectivity index (χ1n) is 14.3. The van der Waals surface area contributed by atoms with Crippen molar-refractivity contribution < 1.29 is 38.6 Å². The van der Waals surface area contributed by atoms with E-state index in [2.05, 4.69) is 21.7 Å². The van der Waals surface area contributed by atoms with Crippen LogP contribution in [0.2, 0.25) is 0 Å². The number of rotatable bonds is 12. The Morgan fingerprint density at radius 3 is 1.28 bits per heavy atom. The number of hydrazine groups is 2. The van der Waals surface area contributed by atoms with Gasteiger partial charge in [0, 0.05) is 61.3 Å². The molecule has 2 aromatic carbocycles. The van der Waals surface area contributed by atoms with E-state index >= 15 is 0 Å². The Bertz CT molecular complexity index is 1700. The lowest BCUT2D eigenvalue weighted by molar-refractivity contribution is -0.385.